The lowest BCUT2D eigenvalue weighted by Gasteiger charge is -2.11. The molecule has 0 saturated heterocycles. The van der Waals surface area contributed by atoms with Crippen LogP contribution in [0.3, 0.4) is 0 Å². The average molecular weight is 280 g/mol. The summed E-state index contributed by atoms with van der Waals surface area (Å²) in [6.45, 7) is 0. The van der Waals surface area contributed by atoms with Crippen molar-refractivity contribution in [3.05, 3.63) is 52.8 Å². The van der Waals surface area contributed by atoms with E-state index in [-0.39, 0.29) is 16.9 Å². The van der Waals surface area contributed by atoms with Gasteiger partial charge in [0.2, 0.25) is 5.91 Å². The van der Waals surface area contributed by atoms with E-state index in [1.165, 1.54) is 30.3 Å². The van der Waals surface area contributed by atoms with Crippen molar-refractivity contribution in [1.29, 1.82) is 0 Å². The van der Waals surface area contributed by atoms with Crippen LogP contribution in [0.25, 0.3) is 0 Å². The largest absolute Gasteiger partial charge is 0.397 e. The Balaban J connectivity index is 2.33. The molecule has 0 spiro atoms. The van der Waals surface area contributed by atoms with Gasteiger partial charge in [-0.1, -0.05) is 11.6 Å². The molecule has 4 nitrogen and oxygen atoms in total. The van der Waals surface area contributed by atoms with Gasteiger partial charge in [-0.25, -0.2) is 4.39 Å². The number of carbonyl (C=O) groups is 1. The molecule has 2 aromatic carbocycles. The van der Waals surface area contributed by atoms with Crippen LogP contribution >= 0.6 is 11.6 Å². The summed E-state index contributed by atoms with van der Waals surface area (Å²) in [6.07, 6.45) is 0. The molecule has 2 rings (SSSR count). The number of nitrogens with one attached hydrogen (secondary N) is 1. The van der Waals surface area contributed by atoms with Gasteiger partial charge >= 0.3 is 0 Å². The van der Waals surface area contributed by atoms with Crippen LogP contribution in [-0.4, -0.2) is 5.91 Å². The predicted octanol–water partition coefficient (Wildman–Crippen LogP) is 2.90. The fourth-order valence-electron chi connectivity index (χ4n) is 1.57. The Morgan fingerprint density at radius 2 is 1.89 bits per heavy atom. The normalized spacial score (nSPS) is 10.2. The first-order valence-electron chi connectivity index (χ1n) is 5.39. The van der Waals surface area contributed by atoms with E-state index in [9.17, 15) is 9.18 Å². The van der Waals surface area contributed by atoms with Crippen molar-refractivity contribution in [2.75, 3.05) is 11.1 Å². The summed E-state index contributed by atoms with van der Waals surface area (Å²) in [7, 11) is 0. The van der Waals surface area contributed by atoms with E-state index < -0.39 is 11.7 Å². The standard InChI is InChI=1S/C13H11ClFN3O/c14-8-2-3-9(15)12(6-8)18-11-4-1-7(13(17)19)5-10(11)16/h1-6,18H,16H2,(H2,17,19). The Morgan fingerprint density at radius 3 is 2.53 bits per heavy atom. The van der Waals surface area contributed by atoms with Gasteiger partial charge in [0.05, 0.1) is 17.1 Å². The SMILES string of the molecule is NC(=O)c1ccc(Nc2cc(Cl)ccc2F)c(N)c1. The summed E-state index contributed by atoms with van der Waals surface area (Å²) < 4.78 is 13.6. The van der Waals surface area contributed by atoms with Crippen molar-refractivity contribution >= 4 is 34.6 Å². The fourth-order valence-corrected chi connectivity index (χ4v) is 1.74. The molecule has 6 heteroatoms. The Morgan fingerprint density at radius 1 is 1.16 bits per heavy atom. The molecule has 98 valence electrons. The minimum atomic E-state index is -0.577. The monoisotopic (exact) mass is 279 g/mol. The molecule has 0 aliphatic rings. The minimum absolute atomic E-state index is 0.200. The molecule has 0 aliphatic carbocycles. The second-order valence-electron chi connectivity index (χ2n) is 3.92. The first-order chi connectivity index (χ1) is 8.97. The second-order valence-corrected chi connectivity index (χ2v) is 4.35. The zero-order valence-electron chi connectivity index (χ0n) is 9.78. The van der Waals surface area contributed by atoms with Crippen molar-refractivity contribution in [2.24, 2.45) is 5.73 Å². The van der Waals surface area contributed by atoms with E-state index in [2.05, 4.69) is 5.32 Å². The van der Waals surface area contributed by atoms with Gasteiger partial charge in [-0.15, -0.1) is 0 Å². The lowest BCUT2D eigenvalue weighted by molar-refractivity contribution is 0.100. The van der Waals surface area contributed by atoms with E-state index in [1.54, 1.807) is 6.07 Å². The Kier molecular flexibility index (Phi) is 3.57. The number of halogens is 2. The van der Waals surface area contributed by atoms with E-state index in [0.29, 0.717) is 10.7 Å². The number of rotatable bonds is 3. The van der Waals surface area contributed by atoms with Gasteiger partial charge in [-0.3, -0.25) is 4.79 Å². The highest BCUT2D eigenvalue weighted by Crippen LogP contribution is 2.27. The molecule has 5 N–H and O–H groups in total. The smallest absolute Gasteiger partial charge is 0.248 e. The molecule has 0 heterocycles. The number of primary amides is 1. The molecule has 1 amide bonds. The Hall–Kier alpha value is -2.27. The molecular weight excluding hydrogens is 269 g/mol. The summed E-state index contributed by atoms with van der Waals surface area (Å²) in [5.41, 5.74) is 12.1. The van der Waals surface area contributed by atoms with Gasteiger partial charge < -0.3 is 16.8 Å². The van der Waals surface area contributed by atoms with Crippen LogP contribution < -0.4 is 16.8 Å². The first kappa shape index (κ1) is 13.2. The highest BCUT2D eigenvalue weighted by molar-refractivity contribution is 6.30. The van der Waals surface area contributed by atoms with Crippen LogP contribution in [0.2, 0.25) is 5.02 Å². The maximum atomic E-state index is 13.6. The lowest BCUT2D eigenvalue weighted by Crippen LogP contribution is -2.11. The van der Waals surface area contributed by atoms with E-state index in [4.69, 9.17) is 23.1 Å². The van der Waals surface area contributed by atoms with Gasteiger partial charge in [0.1, 0.15) is 5.82 Å². The average Bonchev–Trinajstić information content (AvgIpc) is 2.36. The molecule has 0 fully saturated rings. The molecule has 19 heavy (non-hydrogen) atoms. The molecule has 2 aromatic rings. The van der Waals surface area contributed by atoms with Gasteiger partial charge in [0, 0.05) is 10.6 Å². The van der Waals surface area contributed by atoms with E-state index in [0.717, 1.165) is 0 Å². The van der Waals surface area contributed by atoms with Crippen molar-refractivity contribution in [2.45, 2.75) is 0 Å². The summed E-state index contributed by atoms with van der Waals surface area (Å²) >= 11 is 5.79. The topological polar surface area (TPSA) is 81.1 Å². The maximum absolute atomic E-state index is 13.6. The highest BCUT2D eigenvalue weighted by atomic mass is 35.5. The van der Waals surface area contributed by atoms with Crippen LogP contribution in [0.4, 0.5) is 21.5 Å². The van der Waals surface area contributed by atoms with Gasteiger partial charge in [0.15, 0.2) is 0 Å². The third kappa shape index (κ3) is 2.95. The van der Waals surface area contributed by atoms with E-state index >= 15 is 0 Å². The van der Waals surface area contributed by atoms with E-state index in [1.807, 2.05) is 0 Å². The third-order valence-electron chi connectivity index (χ3n) is 2.53. The molecular formula is C13H11ClFN3O. The number of hydrogen-bond acceptors (Lipinski definition) is 3. The summed E-state index contributed by atoms with van der Waals surface area (Å²) in [5.74, 6) is -1.03. The number of nitrogens with two attached hydrogens (primary N) is 2. The molecule has 0 aliphatic heterocycles. The maximum Gasteiger partial charge on any atom is 0.248 e. The lowest BCUT2D eigenvalue weighted by atomic mass is 10.1. The summed E-state index contributed by atoms with van der Waals surface area (Å²) in [6, 6.07) is 8.62. The molecule has 0 aromatic heterocycles. The van der Waals surface area contributed by atoms with Crippen LogP contribution in [0.15, 0.2) is 36.4 Å². The number of carbonyl (C=O) groups excluding carboxylic acids is 1. The minimum Gasteiger partial charge on any atom is -0.397 e. The number of hydrogen-bond donors (Lipinski definition) is 3. The van der Waals surface area contributed by atoms with Crippen molar-refractivity contribution < 1.29 is 9.18 Å². The van der Waals surface area contributed by atoms with Crippen LogP contribution in [-0.2, 0) is 0 Å². The molecule has 0 atom stereocenters. The predicted molar refractivity (Wildman–Crippen MR) is 74.1 cm³/mol. The van der Waals surface area contributed by atoms with Crippen LogP contribution in [0.5, 0.6) is 0 Å². The van der Waals surface area contributed by atoms with Gasteiger partial charge in [-0.2, -0.15) is 0 Å². The highest BCUT2D eigenvalue weighted by Gasteiger charge is 2.08. The summed E-state index contributed by atoms with van der Waals surface area (Å²) in [5, 5.41) is 3.21. The second kappa shape index (κ2) is 5.16. The number of amides is 1. The first-order valence-corrected chi connectivity index (χ1v) is 5.76. The van der Waals surface area contributed by atoms with Crippen molar-refractivity contribution in [3.63, 3.8) is 0 Å². The number of benzene rings is 2. The number of nitrogen functional groups attached to an aromatic ring is 1. The Labute approximate surface area is 114 Å². The van der Waals surface area contributed by atoms with Gasteiger partial charge in [-0.05, 0) is 36.4 Å². The van der Waals surface area contributed by atoms with Crippen LogP contribution in [0.1, 0.15) is 10.4 Å². The molecule has 0 bridgehead atoms. The zero-order valence-corrected chi connectivity index (χ0v) is 10.5. The van der Waals surface area contributed by atoms with Gasteiger partial charge in [0.25, 0.3) is 0 Å². The Bertz CT molecular complexity index is 646. The van der Waals surface area contributed by atoms with Crippen molar-refractivity contribution in [1.82, 2.24) is 0 Å². The van der Waals surface area contributed by atoms with Crippen LogP contribution in [0, 0.1) is 5.82 Å². The zero-order chi connectivity index (χ0) is 14.0. The van der Waals surface area contributed by atoms with Crippen molar-refractivity contribution in [3.8, 4) is 0 Å². The number of anilines is 3. The third-order valence-corrected chi connectivity index (χ3v) is 2.77. The fraction of sp³-hybridized carbons (Fsp3) is 0. The molecule has 0 radical (unpaired) electrons. The summed E-state index contributed by atoms with van der Waals surface area (Å²) in [4.78, 5) is 11.0. The molecule has 0 saturated carbocycles. The quantitative estimate of drug-likeness (QED) is 0.756. The molecule has 0 unspecified atom stereocenters.